The molecule has 0 bridgehead atoms. The van der Waals surface area contributed by atoms with Crippen LogP contribution in [-0.4, -0.2) is 40.6 Å². The number of nitrogen functional groups attached to an aromatic ring is 1. The van der Waals surface area contributed by atoms with E-state index in [1.54, 1.807) is 12.3 Å². The third-order valence-electron chi connectivity index (χ3n) is 6.65. The van der Waals surface area contributed by atoms with Crippen molar-refractivity contribution in [3.05, 3.63) is 29.9 Å². The van der Waals surface area contributed by atoms with Crippen LogP contribution in [0.25, 0.3) is 22.1 Å². The molecule has 1 fully saturated rings. The lowest BCUT2D eigenvalue weighted by molar-refractivity contribution is -0.112. The van der Waals surface area contributed by atoms with E-state index >= 15 is 0 Å². The van der Waals surface area contributed by atoms with Gasteiger partial charge in [0.2, 0.25) is 19.5 Å². The van der Waals surface area contributed by atoms with Crippen molar-refractivity contribution in [1.29, 1.82) is 0 Å². The SMILES string of the molecule is C[Si]OC(O[Si]C)C(C)(C)C1CCC(n2cc(-c3cnc(N)c4oc(Cl)cc34)cn2)CC1. The van der Waals surface area contributed by atoms with Gasteiger partial charge in [0.05, 0.1) is 12.2 Å². The molecule has 2 N–H and O–H groups in total. The number of hydrogen-bond donors (Lipinski definition) is 1. The molecule has 0 aromatic carbocycles. The zero-order valence-electron chi connectivity index (χ0n) is 18.9. The van der Waals surface area contributed by atoms with Crippen molar-refractivity contribution in [3.8, 4) is 11.1 Å². The van der Waals surface area contributed by atoms with Gasteiger partial charge >= 0.3 is 0 Å². The Morgan fingerprint density at radius 3 is 2.53 bits per heavy atom. The molecule has 0 spiro atoms. The standard InChI is InChI=1S/C22H29ClN4O3Si2/c1-22(2,21(29-31-3)30-32-4)14-5-7-15(8-6-14)27-12-13(10-26-27)17-11-25-20(24)19-16(17)9-18(23)28-19/h9-12,14-15,21H,5-8H2,1-4H3,(H2,24,25). The first-order valence-electron chi connectivity index (χ1n) is 10.9. The quantitative estimate of drug-likeness (QED) is 0.338. The van der Waals surface area contributed by atoms with Crippen LogP contribution in [0.4, 0.5) is 5.82 Å². The third kappa shape index (κ3) is 4.54. The Hall–Kier alpha value is -1.66. The van der Waals surface area contributed by atoms with Crippen molar-refractivity contribution < 1.29 is 13.3 Å². The van der Waals surface area contributed by atoms with Crippen molar-refractivity contribution in [2.45, 2.75) is 65.0 Å². The molecule has 3 aromatic rings. The lowest BCUT2D eigenvalue weighted by atomic mass is 9.69. The van der Waals surface area contributed by atoms with E-state index < -0.39 is 0 Å². The predicted molar refractivity (Wildman–Crippen MR) is 129 cm³/mol. The van der Waals surface area contributed by atoms with Crippen LogP contribution in [0.1, 0.15) is 45.6 Å². The van der Waals surface area contributed by atoms with Crippen molar-refractivity contribution in [3.63, 3.8) is 0 Å². The van der Waals surface area contributed by atoms with Gasteiger partial charge in [-0.25, -0.2) is 4.98 Å². The molecule has 1 saturated carbocycles. The number of furan rings is 1. The summed E-state index contributed by atoms with van der Waals surface area (Å²) in [5.74, 6) is 0.892. The molecule has 7 nitrogen and oxygen atoms in total. The molecule has 0 atom stereocenters. The predicted octanol–water partition coefficient (Wildman–Crippen LogP) is 5.38. The third-order valence-corrected chi connectivity index (χ3v) is 7.74. The summed E-state index contributed by atoms with van der Waals surface area (Å²) in [5.41, 5.74) is 8.34. The van der Waals surface area contributed by atoms with Crippen LogP contribution < -0.4 is 5.73 Å². The highest BCUT2D eigenvalue weighted by molar-refractivity contribution is 6.30. The number of pyridine rings is 1. The van der Waals surface area contributed by atoms with Crippen molar-refractivity contribution in [1.82, 2.24) is 14.8 Å². The highest BCUT2D eigenvalue weighted by atomic mass is 35.5. The number of fused-ring (bicyclic) bond motifs is 1. The maximum atomic E-state index is 6.07. The number of halogens is 1. The maximum absolute atomic E-state index is 6.07. The van der Waals surface area contributed by atoms with Gasteiger partial charge in [-0.05, 0) is 56.3 Å². The van der Waals surface area contributed by atoms with E-state index in [9.17, 15) is 0 Å². The molecule has 0 unspecified atom stereocenters. The fourth-order valence-corrected chi connectivity index (χ4v) is 6.15. The summed E-state index contributed by atoms with van der Waals surface area (Å²) in [4.78, 5) is 4.27. The Morgan fingerprint density at radius 2 is 1.88 bits per heavy atom. The van der Waals surface area contributed by atoms with Crippen molar-refractivity contribution in [2.24, 2.45) is 11.3 Å². The summed E-state index contributed by atoms with van der Waals surface area (Å²) < 4.78 is 19.5. The van der Waals surface area contributed by atoms with Gasteiger partial charge < -0.3 is 19.0 Å². The molecule has 1 aliphatic rings. The Kier molecular flexibility index (Phi) is 7.11. The number of aromatic nitrogens is 3. The molecule has 4 radical (unpaired) electrons. The van der Waals surface area contributed by atoms with E-state index in [1.807, 2.05) is 6.20 Å². The van der Waals surface area contributed by atoms with Crippen molar-refractivity contribution >= 4 is 47.9 Å². The molecular weight excluding hydrogens is 460 g/mol. The second-order valence-corrected chi connectivity index (χ2v) is 10.5. The van der Waals surface area contributed by atoms with Crippen LogP contribution in [0.5, 0.6) is 0 Å². The van der Waals surface area contributed by atoms with Crippen LogP contribution >= 0.6 is 11.6 Å². The topological polar surface area (TPSA) is 88.3 Å². The second kappa shape index (κ2) is 9.68. The van der Waals surface area contributed by atoms with E-state index in [0.717, 1.165) is 42.2 Å². The average Bonchev–Trinajstić information content (AvgIpc) is 3.41. The van der Waals surface area contributed by atoms with Crippen molar-refractivity contribution in [2.75, 3.05) is 5.73 Å². The maximum Gasteiger partial charge on any atom is 0.229 e. The van der Waals surface area contributed by atoms with Crippen LogP contribution in [-0.2, 0) is 8.85 Å². The number of hydrogen-bond acceptors (Lipinski definition) is 6. The molecule has 32 heavy (non-hydrogen) atoms. The van der Waals surface area contributed by atoms with Gasteiger partial charge in [0, 0.05) is 40.4 Å². The van der Waals surface area contributed by atoms with Crippen LogP contribution in [0.3, 0.4) is 0 Å². The normalized spacial score (nSPS) is 19.8. The van der Waals surface area contributed by atoms with Gasteiger partial charge in [-0.1, -0.05) is 13.8 Å². The number of nitrogens with zero attached hydrogens (tertiary/aromatic N) is 3. The molecule has 0 saturated heterocycles. The Labute approximate surface area is 198 Å². The molecule has 10 heteroatoms. The van der Waals surface area contributed by atoms with Gasteiger partial charge in [0.15, 0.2) is 16.6 Å². The summed E-state index contributed by atoms with van der Waals surface area (Å²) in [7, 11) is 0.856. The second-order valence-electron chi connectivity index (χ2n) is 8.86. The summed E-state index contributed by atoms with van der Waals surface area (Å²) in [6.07, 6.45) is 10.00. The molecule has 0 amide bonds. The average molecular weight is 489 g/mol. The summed E-state index contributed by atoms with van der Waals surface area (Å²) in [5, 5.41) is 5.83. The summed E-state index contributed by atoms with van der Waals surface area (Å²) in [6.45, 7) is 8.67. The largest absolute Gasteiger partial charge is 0.441 e. The zero-order valence-corrected chi connectivity index (χ0v) is 21.6. The van der Waals surface area contributed by atoms with Gasteiger partial charge in [-0.3, -0.25) is 4.68 Å². The molecular formula is C22H29ClN4O3Si2. The van der Waals surface area contributed by atoms with E-state index in [2.05, 4.69) is 47.9 Å². The van der Waals surface area contributed by atoms with E-state index in [-0.39, 0.29) is 11.7 Å². The molecule has 0 aliphatic heterocycles. The fraction of sp³-hybridized carbons (Fsp3) is 0.545. The summed E-state index contributed by atoms with van der Waals surface area (Å²) in [6, 6.07) is 2.16. The molecule has 4 rings (SSSR count). The molecule has 1 aliphatic carbocycles. The van der Waals surface area contributed by atoms with Crippen LogP contribution in [0.2, 0.25) is 18.3 Å². The lowest BCUT2D eigenvalue weighted by Crippen LogP contribution is -2.43. The smallest absolute Gasteiger partial charge is 0.229 e. The monoisotopic (exact) mass is 488 g/mol. The Balaban J connectivity index is 1.48. The van der Waals surface area contributed by atoms with Crippen LogP contribution in [0.15, 0.2) is 29.1 Å². The summed E-state index contributed by atoms with van der Waals surface area (Å²) >= 11 is 6.07. The minimum atomic E-state index is -0.144. The van der Waals surface area contributed by atoms with E-state index in [0.29, 0.717) is 48.1 Å². The first kappa shape index (κ1) is 23.5. The Morgan fingerprint density at radius 1 is 1.19 bits per heavy atom. The first-order chi connectivity index (χ1) is 15.3. The minimum absolute atomic E-state index is 0.0198. The van der Waals surface area contributed by atoms with Crippen LogP contribution in [0, 0.1) is 11.3 Å². The fourth-order valence-electron chi connectivity index (χ4n) is 4.74. The first-order valence-corrected chi connectivity index (χ1v) is 14.1. The highest BCUT2D eigenvalue weighted by Gasteiger charge is 2.40. The minimum Gasteiger partial charge on any atom is -0.441 e. The molecule has 3 aromatic heterocycles. The van der Waals surface area contributed by atoms with E-state index in [4.69, 9.17) is 30.6 Å². The Bertz CT molecular complexity index is 1060. The zero-order chi connectivity index (χ0) is 22.9. The van der Waals surface area contributed by atoms with Gasteiger partial charge in [0.1, 0.15) is 6.29 Å². The molecule has 170 valence electrons. The van der Waals surface area contributed by atoms with E-state index in [1.165, 1.54) is 0 Å². The highest BCUT2D eigenvalue weighted by Crippen LogP contribution is 2.45. The van der Waals surface area contributed by atoms with Gasteiger partial charge in [-0.15, -0.1) is 0 Å². The lowest BCUT2D eigenvalue weighted by Gasteiger charge is -2.43. The number of nitrogens with two attached hydrogens (primary N) is 1. The van der Waals surface area contributed by atoms with Gasteiger partial charge in [0.25, 0.3) is 0 Å². The van der Waals surface area contributed by atoms with Gasteiger partial charge in [-0.2, -0.15) is 5.10 Å². The number of anilines is 1. The molecule has 3 heterocycles. The number of rotatable bonds is 8.